The molecule has 0 radical (unpaired) electrons. The van der Waals surface area contributed by atoms with Gasteiger partial charge in [-0.15, -0.1) is 0 Å². The van der Waals surface area contributed by atoms with Crippen molar-refractivity contribution in [3.05, 3.63) is 17.3 Å². The van der Waals surface area contributed by atoms with E-state index in [4.69, 9.17) is 4.42 Å². The maximum Gasteiger partial charge on any atom is 0.289 e. The van der Waals surface area contributed by atoms with Crippen molar-refractivity contribution in [3.63, 3.8) is 0 Å². The van der Waals surface area contributed by atoms with E-state index in [1.54, 1.807) is 20.8 Å². The molecular formula is C13H21N3O4S. The van der Waals surface area contributed by atoms with E-state index < -0.39 is 10.0 Å². The molecule has 118 valence electrons. The summed E-state index contributed by atoms with van der Waals surface area (Å²) in [6, 6.07) is -0.0365. The molecule has 0 unspecified atom stereocenters. The van der Waals surface area contributed by atoms with E-state index in [1.165, 1.54) is 4.31 Å². The van der Waals surface area contributed by atoms with Crippen molar-refractivity contribution in [2.24, 2.45) is 0 Å². The SMILES string of the molecule is CCS(=O)(=O)N1CCC(NC(=O)c2oc(C)nc2C)CC1. The number of oxazole rings is 1. The molecule has 0 aromatic carbocycles. The Kier molecular flexibility index (Phi) is 4.67. The number of hydrogen-bond acceptors (Lipinski definition) is 5. The first kappa shape index (κ1) is 16.0. The minimum atomic E-state index is -3.14. The Hall–Kier alpha value is -1.41. The van der Waals surface area contributed by atoms with Crippen molar-refractivity contribution in [2.75, 3.05) is 18.8 Å². The summed E-state index contributed by atoms with van der Waals surface area (Å²) < 4.78 is 30.3. The van der Waals surface area contributed by atoms with Crippen LogP contribution in [-0.4, -0.2) is 48.5 Å². The Morgan fingerprint density at radius 2 is 2.00 bits per heavy atom. The minimum Gasteiger partial charge on any atom is -0.436 e. The second-order valence-electron chi connectivity index (χ2n) is 5.19. The van der Waals surface area contributed by atoms with Crippen molar-refractivity contribution >= 4 is 15.9 Å². The highest BCUT2D eigenvalue weighted by atomic mass is 32.2. The molecule has 21 heavy (non-hydrogen) atoms. The Morgan fingerprint density at radius 1 is 1.38 bits per heavy atom. The number of nitrogens with one attached hydrogen (secondary N) is 1. The standard InChI is InChI=1S/C13H21N3O4S/c1-4-21(18,19)16-7-5-11(6-8-16)15-13(17)12-9(2)14-10(3)20-12/h11H,4-8H2,1-3H3,(H,15,17). The predicted octanol–water partition coefficient (Wildman–Crippen LogP) is 0.835. The van der Waals surface area contributed by atoms with Crippen LogP contribution in [-0.2, 0) is 10.0 Å². The molecule has 1 N–H and O–H groups in total. The summed E-state index contributed by atoms with van der Waals surface area (Å²) in [5.41, 5.74) is 0.566. The lowest BCUT2D eigenvalue weighted by atomic mass is 10.1. The number of aromatic nitrogens is 1. The second-order valence-corrected chi connectivity index (χ2v) is 7.45. The fourth-order valence-corrected chi connectivity index (χ4v) is 3.59. The topological polar surface area (TPSA) is 92.5 Å². The normalized spacial score (nSPS) is 17.9. The number of amides is 1. The number of sulfonamides is 1. The van der Waals surface area contributed by atoms with Crippen LogP contribution in [0, 0.1) is 13.8 Å². The van der Waals surface area contributed by atoms with Crippen LogP contribution in [0.1, 0.15) is 41.9 Å². The Bertz CT molecular complexity index is 615. The first-order valence-electron chi connectivity index (χ1n) is 7.06. The van der Waals surface area contributed by atoms with Gasteiger partial charge < -0.3 is 9.73 Å². The van der Waals surface area contributed by atoms with Crippen molar-refractivity contribution in [2.45, 2.75) is 39.7 Å². The number of carbonyl (C=O) groups is 1. The zero-order chi connectivity index (χ0) is 15.6. The van der Waals surface area contributed by atoms with E-state index in [1.807, 2.05) is 0 Å². The van der Waals surface area contributed by atoms with Crippen molar-refractivity contribution < 1.29 is 17.6 Å². The van der Waals surface area contributed by atoms with Crippen LogP contribution >= 0.6 is 0 Å². The molecule has 8 heteroatoms. The van der Waals surface area contributed by atoms with E-state index in [0.29, 0.717) is 37.5 Å². The highest BCUT2D eigenvalue weighted by Gasteiger charge is 2.28. The lowest BCUT2D eigenvalue weighted by molar-refractivity contribution is 0.0893. The van der Waals surface area contributed by atoms with Crippen LogP contribution in [0.2, 0.25) is 0 Å². The van der Waals surface area contributed by atoms with Crippen molar-refractivity contribution in [1.29, 1.82) is 0 Å². The summed E-state index contributed by atoms with van der Waals surface area (Å²) in [6.07, 6.45) is 1.22. The smallest absolute Gasteiger partial charge is 0.289 e. The third-order valence-electron chi connectivity index (χ3n) is 3.66. The number of aryl methyl sites for hydroxylation is 2. The van der Waals surface area contributed by atoms with E-state index in [-0.39, 0.29) is 23.5 Å². The summed E-state index contributed by atoms with van der Waals surface area (Å²) in [4.78, 5) is 16.2. The summed E-state index contributed by atoms with van der Waals surface area (Å²) in [5.74, 6) is 0.517. The van der Waals surface area contributed by atoms with Gasteiger partial charge in [-0.2, -0.15) is 0 Å². The molecule has 1 aromatic heterocycles. The molecular weight excluding hydrogens is 294 g/mol. The summed E-state index contributed by atoms with van der Waals surface area (Å²) in [7, 11) is -3.14. The van der Waals surface area contributed by atoms with Gasteiger partial charge in [-0.1, -0.05) is 0 Å². The van der Waals surface area contributed by atoms with Gasteiger partial charge in [-0.25, -0.2) is 17.7 Å². The molecule has 2 heterocycles. The predicted molar refractivity (Wildman–Crippen MR) is 77.5 cm³/mol. The van der Waals surface area contributed by atoms with Gasteiger partial charge in [0.05, 0.1) is 11.4 Å². The minimum absolute atomic E-state index is 0.0365. The number of carbonyl (C=O) groups excluding carboxylic acids is 1. The molecule has 0 atom stereocenters. The van der Waals surface area contributed by atoms with Gasteiger partial charge in [0.2, 0.25) is 15.8 Å². The Balaban J connectivity index is 1.92. The third-order valence-corrected chi connectivity index (χ3v) is 5.54. The van der Waals surface area contributed by atoms with Gasteiger partial charge in [0.1, 0.15) is 0 Å². The van der Waals surface area contributed by atoms with Gasteiger partial charge in [0.25, 0.3) is 5.91 Å². The largest absolute Gasteiger partial charge is 0.436 e. The lowest BCUT2D eigenvalue weighted by Gasteiger charge is -2.31. The molecule has 0 aliphatic carbocycles. The molecule has 0 saturated carbocycles. The van der Waals surface area contributed by atoms with Crippen molar-refractivity contribution in [3.8, 4) is 0 Å². The average Bonchev–Trinajstić information content (AvgIpc) is 2.78. The maximum atomic E-state index is 12.1. The zero-order valence-corrected chi connectivity index (χ0v) is 13.4. The van der Waals surface area contributed by atoms with Crippen LogP contribution in [0.25, 0.3) is 0 Å². The van der Waals surface area contributed by atoms with E-state index in [0.717, 1.165) is 0 Å². The van der Waals surface area contributed by atoms with Crippen LogP contribution in [0.3, 0.4) is 0 Å². The highest BCUT2D eigenvalue weighted by Crippen LogP contribution is 2.16. The van der Waals surface area contributed by atoms with Gasteiger partial charge in [-0.3, -0.25) is 4.79 Å². The molecule has 2 rings (SSSR count). The second kappa shape index (κ2) is 6.15. The number of piperidine rings is 1. The first-order valence-corrected chi connectivity index (χ1v) is 8.67. The van der Waals surface area contributed by atoms with E-state index in [2.05, 4.69) is 10.3 Å². The maximum absolute atomic E-state index is 12.1. The Morgan fingerprint density at radius 3 is 2.48 bits per heavy atom. The molecule has 7 nitrogen and oxygen atoms in total. The van der Waals surface area contributed by atoms with Gasteiger partial charge in [0, 0.05) is 26.1 Å². The Labute approximate surface area is 124 Å². The van der Waals surface area contributed by atoms with Gasteiger partial charge in [0.15, 0.2) is 5.89 Å². The number of hydrogen-bond donors (Lipinski definition) is 1. The lowest BCUT2D eigenvalue weighted by Crippen LogP contribution is -2.46. The van der Waals surface area contributed by atoms with E-state index in [9.17, 15) is 13.2 Å². The molecule has 0 bridgehead atoms. The highest BCUT2D eigenvalue weighted by molar-refractivity contribution is 7.89. The summed E-state index contributed by atoms with van der Waals surface area (Å²) in [5, 5.41) is 2.89. The van der Waals surface area contributed by atoms with Gasteiger partial charge >= 0.3 is 0 Å². The molecule has 1 aliphatic heterocycles. The first-order chi connectivity index (χ1) is 9.83. The summed E-state index contributed by atoms with van der Waals surface area (Å²) >= 11 is 0. The van der Waals surface area contributed by atoms with Crippen LogP contribution in [0.4, 0.5) is 0 Å². The fraction of sp³-hybridized carbons (Fsp3) is 0.692. The van der Waals surface area contributed by atoms with Gasteiger partial charge in [-0.05, 0) is 26.7 Å². The molecule has 1 fully saturated rings. The van der Waals surface area contributed by atoms with Crippen LogP contribution in [0.15, 0.2) is 4.42 Å². The summed E-state index contributed by atoms with van der Waals surface area (Å²) in [6.45, 7) is 5.93. The monoisotopic (exact) mass is 315 g/mol. The molecule has 1 aromatic rings. The van der Waals surface area contributed by atoms with Crippen molar-refractivity contribution in [1.82, 2.24) is 14.6 Å². The average molecular weight is 315 g/mol. The molecule has 1 saturated heterocycles. The molecule has 1 amide bonds. The number of rotatable bonds is 4. The zero-order valence-electron chi connectivity index (χ0n) is 12.5. The van der Waals surface area contributed by atoms with Crippen LogP contribution < -0.4 is 5.32 Å². The third kappa shape index (κ3) is 3.62. The number of nitrogens with zero attached hydrogens (tertiary/aromatic N) is 2. The molecule has 0 spiro atoms. The quantitative estimate of drug-likeness (QED) is 0.888. The van der Waals surface area contributed by atoms with E-state index >= 15 is 0 Å². The van der Waals surface area contributed by atoms with Crippen LogP contribution in [0.5, 0.6) is 0 Å². The fourth-order valence-electron chi connectivity index (χ4n) is 2.45. The molecule has 1 aliphatic rings.